The van der Waals surface area contributed by atoms with Crippen molar-refractivity contribution in [2.75, 3.05) is 20.1 Å². The summed E-state index contributed by atoms with van der Waals surface area (Å²) < 4.78 is 2.17. The van der Waals surface area contributed by atoms with Crippen molar-refractivity contribution in [3.8, 4) is 0 Å². The van der Waals surface area contributed by atoms with Gasteiger partial charge in [0.05, 0.1) is 19.1 Å². The van der Waals surface area contributed by atoms with Crippen LogP contribution in [-0.2, 0) is 24.3 Å². The number of likely N-dealkylation sites (N-methyl/N-ethyl adjacent to an activating group) is 1. The molecule has 4 rings (SSSR count). The summed E-state index contributed by atoms with van der Waals surface area (Å²) in [5, 5.41) is 0. The van der Waals surface area contributed by atoms with Gasteiger partial charge in [-0.25, -0.2) is 4.98 Å². The third-order valence-electron chi connectivity index (χ3n) is 5.38. The first-order valence-electron chi connectivity index (χ1n) is 8.78. The Morgan fingerprint density at radius 2 is 2.21 bits per heavy atom. The fourth-order valence-electron chi connectivity index (χ4n) is 3.97. The third-order valence-corrected chi connectivity index (χ3v) is 5.38. The van der Waals surface area contributed by atoms with Crippen LogP contribution in [0.25, 0.3) is 0 Å². The van der Waals surface area contributed by atoms with E-state index < -0.39 is 0 Å². The molecule has 126 valence electrons. The maximum Gasteiger partial charge on any atom is 0.237 e. The van der Waals surface area contributed by atoms with Gasteiger partial charge in [0.1, 0.15) is 5.82 Å². The van der Waals surface area contributed by atoms with E-state index in [1.165, 1.54) is 11.1 Å². The summed E-state index contributed by atoms with van der Waals surface area (Å²) in [4.78, 5) is 21.4. The van der Waals surface area contributed by atoms with Crippen molar-refractivity contribution >= 4 is 5.91 Å². The molecule has 5 nitrogen and oxygen atoms in total. The van der Waals surface area contributed by atoms with Crippen LogP contribution >= 0.6 is 0 Å². The molecule has 2 aliphatic rings. The number of aryl methyl sites for hydroxylation is 1. The van der Waals surface area contributed by atoms with Crippen LogP contribution < -0.4 is 0 Å². The van der Waals surface area contributed by atoms with Gasteiger partial charge < -0.3 is 9.47 Å². The summed E-state index contributed by atoms with van der Waals surface area (Å²) >= 11 is 0. The second kappa shape index (κ2) is 6.40. The lowest BCUT2D eigenvalue weighted by Crippen LogP contribution is -2.43. The summed E-state index contributed by atoms with van der Waals surface area (Å²) in [5.74, 6) is 1.26. The molecule has 0 N–H and O–H groups in total. The molecule has 24 heavy (non-hydrogen) atoms. The molecule has 2 aromatic rings. The van der Waals surface area contributed by atoms with E-state index >= 15 is 0 Å². The summed E-state index contributed by atoms with van der Waals surface area (Å²) in [7, 11) is 1.96. The lowest BCUT2D eigenvalue weighted by Gasteiger charge is -2.35. The molecule has 1 atom stereocenters. The van der Waals surface area contributed by atoms with Gasteiger partial charge in [-0.05, 0) is 30.4 Å². The van der Waals surface area contributed by atoms with Gasteiger partial charge in [0.15, 0.2) is 0 Å². The van der Waals surface area contributed by atoms with Crippen LogP contribution in [0.4, 0.5) is 0 Å². The topological polar surface area (TPSA) is 41.4 Å². The second-order valence-electron chi connectivity index (χ2n) is 6.86. The standard InChI is InChI=1S/C19H24N4O/c1-21(17-8-4-6-15-5-2-3-7-16(15)17)19(24)14-22-11-12-23-10-9-20-18(23)13-22/h2-3,5,7,9-10,17H,4,6,8,11-14H2,1H3. The number of nitrogens with zero attached hydrogens (tertiary/aromatic N) is 4. The molecule has 0 spiro atoms. The van der Waals surface area contributed by atoms with Crippen molar-refractivity contribution < 1.29 is 4.79 Å². The van der Waals surface area contributed by atoms with E-state index in [2.05, 4.69) is 38.7 Å². The van der Waals surface area contributed by atoms with E-state index in [4.69, 9.17) is 0 Å². The first-order valence-corrected chi connectivity index (χ1v) is 8.78. The third kappa shape index (κ3) is 2.84. The Morgan fingerprint density at radius 1 is 1.33 bits per heavy atom. The maximum atomic E-state index is 12.8. The van der Waals surface area contributed by atoms with Gasteiger partial charge in [0.25, 0.3) is 0 Å². The van der Waals surface area contributed by atoms with Crippen LogP contribution in [0, 0.1) is 0 Å². The average Bonchev–Trinajstić information content (AvgIpc) is 3.08. The van der Waals surface area contributed by atoms with Gasteiger partial charge >= 0.3 is 0 Å². The Morgan fingerprint density at radius 3 is 3.12 bits per heavy atom. The summed E-state index contributed by atoms with van der Waals surface area (Å²) in [5.41, 5.74) is 2.72. The van der Waals surface area contributed by atoms with Gasteiger partial charge in [0, 0.05) is 32.5 Å². The van der Waals surface area contributed by atoms with Gasteiger partial charge in [-0.2, -0.15) is 0 Å². The number of carbonyl (C=O) groups is 1. The van der Waals surface area contributed by atoms with E-state index in [0.717, 1.165) is 44.7 Å². The number of rotatable bonds is 3. The molecule has 0 saturated heterocycles. The Labute approximate surface area is 142 Å². The molecular formula is C19H24N4O. The molecule has 1 aliphatic carbocycles. The molecule has 1 unspecified atom stereocenters. The first kappa shape index (κ1) is 15.4. The maximum absolute atomic E-state index is 12.8. The molecule has 0 radical (unpaired) electrons. The van der Waals surface area contributed by atoms with Crippen molar-refractivity contribution in [3.63, 3.8) is 0 Å². The normalized spacial score (nSPS) is 20.3. The first-order chi connectivity index (χ1) is 11.7. The molecule has 0 fully saturated rings. The number of benzene rings is 1. The summed E-state index contributed by atoms with van der Waals surface area (Å²) in [6.45, 7) is 3.05. The predicted molar refractivity (Wildman–Crippen MR) is 92.4 cm³/mol. The SMILES string of the molecule is CN(C(=O)CN1CCn2ccnc2C1)C1CCCc2ccccc21. The fraction of sp³-hybridized carbons (Fsp3) is 0.474. The van der Waals surface area contributed by atoms with Crippen molar-refractivity contribution in [1.29, 1.82) is 0 Å². The fourth-order valence-corrected chi connectivity index (χ4v) is 3.97. The quantitative estimate of drug-likeness (QED) is 0.869. The smallest absolute Gasteiger partial charge is 0.237 e. The van der Waals surface area contributed by atoms with Gasteiger partial charge in [-0.15, -0.1) is 0 Å². The number of imidazole rings is 1. The van der Waals surface area contributed by atoms with Crippen molar-refractivity contribution in [3.05, 3.63) is 53.6 Å². The number of hydrogen-bond acceptors (Lipinski definition) is 3. The molecular weight excluding hydrogens is 300 g/mol. The summed E-state index contributed by atoms with van der Waals surface area (Å²) in [6, 6.07) is 8.78. The number of carbonyl (C=O) groups excluding carboxylic acids is 1. The monoisotopic (exact) mass is 324 g/mol. The highest BCUT2D eigenvalue weighted by Gasteiger charge is 2.28. The van der Waals surface area contributed by atoms with Gasteiger partial charge in [-0.1, -0.05) is 24.3 Å². The lowest BCUT2D eigenvalue weighted by molar-refractivity contribution is -0.134. The van der Waals surface area contributed by atoms with E-state index in [1.807, 2.05) is 24.3 Å². The van der Waals surface area contributed by atoms with E-state index in [9.17, 15) is 4.79 Å². The number of hydrogen-bond donors (Lipinski definition) is 0. The zero-order valence-corrected chi connectivity index (χ0v) is 14.2. The Kier molecular flexibility index (Phi) is 4.10. The number of aromatic nitrogens is 2. The highest BCUT2D eigenvalue weighted by atomic mass is 16.2. The average molecular weight is 324 g/mol. The van der Waals surface area contributed by atoms with E-state index in [1.54, 1.807) is 0 Å². The molecule has 5 heteroatoms. The summed E-state index contributed by atoms with van der Waals surface area (Å²) in [6.07, 6.45) is 7.19. The van der Waals surface area contributed by atoms with Gasteiger partial charge in [0.2, 0.25) is 5.91 Å². The Bertz CT molecular complexity index is 738. The zero-order chi connectivity index (χ0) is 16.5. The molecule has 1 aromatic heterocycles. The van der Waals surface area contributed by atoms with E-state index in [0.29, 0.717) is 6.54 Å². The van der Waals surface area contributed by atoms with Crippen molar-refractivity contribution in [2.24, 2.45) is 0 Å². The zero-order valence-electron chi connectivity index (χ0n) is 14.2. The highest BCUT2D eigenvalue weighted by molar-refractivity contribution is 5.78. The van der Waals surface area contributed by atoms with Gasteiger partial charge in [-0.3, -0.25) is 9.69 Å². The van der Waals surface area contributed by atoms with Crippen LogP contribution in [0.1, 0.15) is 35.8 Å². The van der Waals surface area contributed by atoms with Crippen LogP contribution in [0.3, 0.4) is 0 Å². The lowest BCUT2D eigenvalue weighted by atomic mass is 9.87. The van der Waals surface area contributed by atoms with Crippen LogP contribution in [0.5, 0.6) is 0 Å². The minimum absolute atomic E-state index is 0.205. The van der Waals surface area contributed by atoms with Crippen LogP contribution in [0.15, 0.2) is 36.7 Å². The van der Waals surface area contributed by atoms with Crippen LogP contribution in [0.2, 0.25) is 0 Å². The van der Waals surface area contributed by atoms with Crippen molar-refractivity contribution in [1.82, 2.24) is 19.4 Å². The van der Waals surface area contributed by atoms with Crippen molar-refractivity contribution in [2.45, 2.75) is 38.4 Å². The Balaban J connectivity index is 1.44. The molecule has 1 aliphatic heterocycles. The molecule has 1 aromatic carbocycles. The molecule has 0 saturated carbocycles. The molecule has 2 heterocycles. The largest absolute Gasteiger partial charge is 0.338 e. The molecule has 1 amide bonds. The number of amides is 1. The highest BCUT2D eigenvalue weighted by Crippen LogP contribution is 2.33. The second-order valence-corrected chi connectivity index (χ2v) is 6.86. The predicted octanol–water partition coefficient (Wildman–Crippen LogP) is 2.23. The Hall–Kier alpha value is -2.14. The van der Waals surface area contributed by atoms with Crippen LogP contribution in [-0.4, -0.2) is 45.4 Å². The van der Waals surface area contributed by atoms with E-state index in [-0.39, 0.29) is 11.9 Å². The number of fused-ring (bicyclic) bond motifs is 2. The minimum Gasteiger partial charge on any atom is -0.338 e. The molecule has 0 bridgehead atoms. The minimum atomic E-state index is 0.205.